The lowest BCUT2D eigenvalue weighted by Gasteiger charge is -2.13. The molecule has 0 spiro atoms. The predicted molar refractivity (Wildman–Crippen MR) is 74.3 cm³/mol. The summed E-state index contributed by atoms with van der Waals surface area (Å²) in [6.45, 7) is 4.19. The van der Waals surface area contributed by atoms with Crippen LogP contribution in [-0.4, -0.2) is 10.8 Å². The zero-order valence-corrected chi connectivity index (χ0v) is 10.8. The highest BCUT2D eigenvalue weighted by molar-refractivity contribution is 6.09. The summed E-state index contributed by atoms with van der Waals surface area (Å²) in [5.41, 5.74) is 12.5. The number of amidine groups is 1. The minimum Gasteiger partial charge on any atom is -0.384 e. The van der Waals surface area contributed by atoms with Gasteiger partial charge in [-0.1, -0.05) is 12.1 Å². The third kappa shape index (κ3) is 1.43. The molecule has 3 N–H and O–H groups in total. The van der Waals surface area contributed by atoms with E-state index in [2.05, 4.69) is 26.0 Å². The standard InChI is InChI=1S/C15H17N3/c1-8-6-7-11-13(15(16)17)10-4-3-5-12(10)18-14(11)9(8)2/h6-7H,3-5H2,1-2H3,(H3,16,17). The smallest absolute Gasteiger partial charge is 0.123 e. The van der Waals surface area contributed by atoms with E-state index in [9.17, 15) is 0 Å². The summed E-state index contributed by atoms with van der Waals surface area (Å²) in [6.07, 6.45) is 3.13. The van der Waals surface area contributed by atoms with Crippen molar-refractivity contribution in [2.75, 3.05) is 0 Å². The molecule has 92 valence electrons. The molecular formula is C15H17N3. The largest absolute Gasteiger partial charge is 0.384 e. The number of nitrogens with one attached hydrogen (secondary N) is 1. The molecule has 0 saturated heterocycles. The average molecular weight is 239 g/mol. The molecule has 3 nitrogen and oxygen atoms in total. The lowest BCUT2D eigenvalue weighted by Crippen LogP contribution is -2.15. The Morgan fingerprint density at radius 2 is 2.06 bits per heavy atom. The number of fused-ring (bicyclic) bond motifs is 2. The Morgan fingerprint density at radius 3 is 2.78 bits per heavy atom. The number of benzene rings is 1. The van der Waals surface area contributed by atoms with Crippen LogP contribution < -0.4 is 5.73 Å². The number of nitrogens with zero attached hydrogens (tertiary/aromatic N) is 1. The number of rotatable bonds is 1. The molecule has 1 aliphatic rings. The number of hydrogen-bond donors (Lipinski definition) is 2. The molecule has 1 aromatic heterocycles. The number of aromatic nitrogens is 1. The Kier molecular flexibility index (Phi) is 2.37. The van der Waals surface area contributed by atoms with Crippen molar-refractivity contribution in [3.8, 4) is 0 Å². The van der Waals surface area contributed by atoms with E-state index in [1.807, 2.05) is 0 Å². The summed E-state index contributed by atoms with van der Waals surface area (Å²) in [6, 6.07) is 4.15. The summed E-state index contributed by atoms with van der Waals surface area (Å²) >= 11 is 0. The van der Waals surface area contributed by atoms with Crippen molar-refractivity contribution in [2.24, 2.45) is 5.73 Å². The van der Waals surface area contributed by atoms with Crippen LogP contribution in [0.2, 0.25) is 0 Å². The molecule has 18 heavy (non-hydrogen) atoms. The summed E-state index contributed by atoms with van der Waals surface area (Å²) in [5.74, 6) is 0.170. The second-order valence-electron chi connectivity index (χ2n) is 5.08. The molecule has 3 rings (SSSR count). The molecule has 3 heteroatoms. The van der Waals surface area contributed by atoms with E-state index in [1.165, 1.54) is 16.7 Å². The van der Waals surface area contributed by atoms with Gasteiger partial charge in [0, 0.05) is 16.6 Å². The average Bonchev–Trinajstić information content (AvgIpc) is 2.79. The maximum Gasteiger partial charge on any atom is 0.123 e. The zero-order valence-electron chi connectivity index (χ0n) is 10.8. The second kappa shape index (κ2) is 3.80. The SMILES string of the molecule is Cc1ccc2c(C(=N)N)c3c(nc2c1C)CCC3. The van der Waals surface area contributed by atoms with Crippen LogP contribution >= 0.6 is 0 Å². The van der Waals surface area contributed by atoms with Crippen molar-refractivity contribution in [1.29, 1.82) is 5.41 Å². The fourth-order valence-corrected chi connectivity index (χ4v) is 2.87. The quantitative estimate of drug-likeness (QED) is 0.593. The zero-order chi connectivity index (χ0) is 12.9. The van der Waals surface area contributed by atoms with Gasteiger partial charge in [-0.3, -0.25) is 10.4 Å². The van der Waals surface area contributed by atoms with Crippen LogP contribution in [-0.2, 0) is 12.8 Å². The fraction of sp³-hybridized carbons (Fsp3) is 0.333. The van der Waals surface area contributed by atoms with E-state index in [4.69, 9.17) is 16.1 Å². The summed E-state index contributed by atoms with van der Waals surface area (Å²) in [5, 5.41) is 8.89. The van der Waals surface area contributed by atoms with Crippen LogP contribution in [0.15, 0.2) is 12.1 Å². The molecule has 0 unspecified atom stereocenters. The van der Waals surface area contributed by atoms with E-state index in [-0.39, 0.29) is 5.84 Å². The van der Waals surface area contributed by atoms with Gasteiger partial charge in [0.05, 0.1) is 5.52 Å². The van der Waals surface area contributed by atoms with Crippen molar-refractivity contribution in [3.05, 3.63) is 40.1 Å². The van der Waals surface area contributed by atoms with Gasteiger partial charge >= 0.3 is 0 Å². The fourth-order valence-electron chi connectivity index (χ4n) is 2.87. The van der Waals surface area contributed by atoms with Gasteiger partial charge in [0.15, 0.2) is 0 Å². The van der Waals surface area contributed by atoms with Crippen LogP contribution in [0, 0.1) is 19.3 Å². The Morgan fingerprint density at radius 1 is 1.28 bits per heavy atom. The molecule has 0 amide bonds. The van der Waals surface area contributed by atoms with Gasteiger partial charge < -0.3 is 5.73 Å². The van der Waals surface area contributed by atoms with E-state index in [1.54, 1.807) is 0 Å². The Labute approximate surface area is 107 Å². The summed E-state index contributed by atoms with van der Waals surface area (Å²) in [7, 11) is 0. The third-order valence-corrected chi connectivity index (χ3v) is 3.98. The van der Waals surface area contributed by atoms with Crippen molar-refractivity contribution >= 4 is 16.7 Å². The minimum absolute atomic E-state index is 0.170. The summed E-state index contributed by atoms with van der Waals surface area (Å²) < 4.78 is 0. The normalized spacial score (nSPS) is 13.9. The number of nitrogens with two attached hydrogens (primary N) is 1. The molecular weight excluding hydrogens is 222 g/mol. The minimum atomic E-state index is 0.170. The van der Waals surface area contributed by atoms with Crippen molar-refractivity contribution < 1.29 is 0 Å². The predicted octanol–water partition coefficient (Wildman–Crippen LogP) is 2.62. The van der Waals surface area contributed by atoms with E-state index < -0.39 is 0 Å². The Balaban J connectivity index is 2.49. The number of pyridine rings is 1. The molecule has 1 aromatic carbocycles. The molecule has 2 aromatic rings. The van der Waals surface area contributed by atoms with Gasteiger partial charge in [0.25, 0.3) is 0 Å². The number of aryl methyl sites for hydroxylation is 3. The lowest BCUT2D eigenvalue weighted by atomic mass is 9.96. The highest BCUT2D eigenvalue weighted by Gasteiger charge is 2.21. The molecule has 1 heterocycles. The van der Waals surface area contributed by atoms with Gasteiger partial charge in [0.2, 0.25) is 0 Å². The van der Waals surface area contributed by atoms with Gasteiger partial charge in [-0.15, -0.1) is 0 Å². The summed E-state index contributed by atoms with van der Waals surface area (Å²) in [4.78, 5) is 4.81. The van der Waals surface area contributed by atoms with Crippen LogP contribution in [0.4, 0.5) is 0 Å². The first-order valence-corrected chi connectivity index (χ1v) is 6.35. The van der Waals surface area contributed by atoms with E-state index >= 15 is 0 Å². The van der Waals surface area contributed by atoms with Crippen molar-refractivity contribution in [1.82, 2.24) is 4.98 Å². The Bertz CT molecular complexity index is 671. The molecule has 0 saturated carbocycles. The molecule has 1 aliphatic carbocycles. The first-order valence-electron chi connectivity index (χ1n) is 6.35. The Hall–Kier alpha value is -1.90. The molecule has 0 atom stereocenters. The highest BCUT2D eigenvalue weighted by Crippen LogP contribution is 2.31. The van der Waals surface area contributed by atoms with Crippen LogP contribution in [0.1, 0.15) is 34.4 Å². The first kappa shape index (κ1) is 11.2. The number of hydrogen-bond acceptors (Lipinski definition) is 2. The van der Waals surface area contributed by atoms with Crippen LogP contribution in [0.5, 0.6) is 0 Å². The van der Waals surface area contributed by atoms with Gasteiger partial charge in [-0.25, -0.2) is 0 Å². The third-order valence-electron chi connectivity index (χ3n) is 3.98. The monoisotopic (exact) mass is 239 g/mol. The van der Waals surface area contributed by atoms with E-state index in [0.29, 0.717) is 0 Å². The van der Waals surface area contributed by atoms with Gasteiger partial charge in [-0.05, 0) is 49.8 Å². The van der Waals surface area contributed by atoms with Crippen LogP contribution in [0.25, 0.3) is 10.9 Å². The van der Waals surface area contributed by atoms with Crippen molar-refractivity contribution in [2.45, 2.75) is 33.1 Å². The second-order valence-corrected chi connectivity index (χ2v) is 5.08. The molecule has 0 bridgehead atoms. The van der Waals surface area contributed by atoms with E-state index in [0.717, 1.165) is 41.4 Å². The van der Waals surface area contributed by atoms with Crippen LogP contribution in [0.3, 0.4) is 0 Å². The number of nitrogen functional groups attached to an aromatic ring is 1. The first-order chi connectivity index (χ1) is 8.59. The van der Waals surface area contributed by atoms with Gasteiger partial charge in [0.1, 0.15) is 5.84 Å². The topological polar surface area (TPSA) is 62.8 Å². The highest BCUT2D eigenvalue weighted by atomic mass is 14.8. The van der Waals surface area contributed by atoms with Crippen molar-refractivity contribution in [3.63, 3.8) is 0 Å². The molecule has 0 fully saturated rings. The maximum atomic E-state index is 7.86. The lowest BCUT2D eigenvalue weighted by molar-refractivity contribution is 0.900. The maximum absolute atomic E-state index is 7.86. The van der Waals surface area contributed by atoms with Gasteiger partial charge in [-0.2, -0.15) is 0 Å². The molecule has 0 radical (unpaired) electrons. The molecule has 0 aliphatic heterocycles.